The van der Waals surface area contributed by atoms with E-state index >= 15 is 0 Å². The Labute approximate surface area is 156 Å². The summed E-state index contributed by atoms with van der Waals surface area (Å²) in [7, 11) is 0. The second kappa shape index (κ2) is 5.97. The summed E-state index contributed by atoms with van der Waals surface area (Å²) in [4.78, 5) is 16.9. The zero-order chi connectivity index (χ0) is 16.8. The normalized spacial score (nSPS) is 11.3. The molecule has 0 spiro atoms. The van der Waals surface area contributed by atoms with Crippen molar-refractivity contribution in [1.29, 1.82) is 0 Å². The largest absolute Gasteiger partial charge is 0.231 e. The van der Waals surface area contributed by atoms with Crippen molar-refractivity contribution < 1.29 is 0 Å². The molecule has 0 saturated heterocycles. The lowest BCUT2D eigenvalue weighted by molar-refractivity contribution is 1.29. The van der Waals surface area contributed by atoms with Gasteiger partial charge in [0.05, 0.1) is 22.1 Å². The van der Waals surface area contributed by atoms with Crippen molar-refractivity contribution in [2.24, 2.45) is 0 Å². The molecule has 0 aliphatic heterocycles. The Morgan fingerprint density at radius 1 is 0.458 bits per heavy atom. The molecular weight excluding hydrogens is 390 g/mol. The van der Waals surface area contributed by atoms with Gasteiger partial charge in [-0.2, -0.15) is 0 Å². The predicted octanol–water partition coefficient (Wildman–Crippen LogP) is 5.85. The van der Waals surface area contributed by atoms with Gasteiger partial charge in [-0.05, 0) is 35.4 Å². The first-order valence-corrected chi connectivity index (χ1v) is 8.28. The first-order valence-electron chi connectivity index (χ1n) is 6.77. The zero-order valence-electron chi connectivity index (χ0n) is 11.8. The molecule has 0 aliphatic rings. The standard InChI is InChI=1S/C16H6Cl4N4/c17-13-15(19)23-11-5-7(1-3-9(11)21-13)8-2-4-10-12(6-8)24-16(20)14(18)22-10/h1-6H. The van der Waals surface area contributed by atoms with Crippen LogP contribution in [0, 0.1) is 0 Å². The summed E-state index contributed by atoms with van der Waals surface area (Å²) in [6, 6.07) is 11.3. The predicted molar refractivity (Wildman–Crippen MR) is 98.1 cm³/mol. The maximum Gasteiger partial charge on any atom is 0.167 e. The zero-order valence-corrected chi connectivity index (χ0v) is 14.8. The number of benzene rings is 2. The molecule has 24 heavy (non-hydrogen) atoms. The summed E-state index contributed by atoms with van der Waals surface area (Å²) >= 11 is 23.7. The number of nitrogens with zero attached hydrogens (tertiary/aromatic N) is 4. The summed E-state index contributed by atoms with van der Waals surface area (Å²) in [6.45, 7) is 0. The highest BCUT2D eigenvalue weighted by Crippen LogP contribution is 2.29. The molecule has 0 bridgehead atoms. The van der Waals surface area contributed by atoms with E-state index in [4.69, 9.17) is 46.4 Å². The molecule has 4 rings (SSSR count). The van der Waals surface area contributed by atoms with E-state index in [1.807, 2.05) is 36.4 Å². The fourth-order valence-electron chi connectivity index (χ4n) is 2.38. The molecule has 118 valence electrons. The van der Waals surface area contributed by atoms with Crippen molar-refractivity contribution in [2.45, 2.75) is 0 Å². The summed E-state index contributed by atoms with van der Waals surface area (Å²) in [5, 5.41) is 0.716. The molecule has 0 unspecified atom stereocenters. The third kappa shape index (κ3) is 2.76. The summed E-state index contributed by atoms with van der Waals surface area (Å²) in [5.41, 5.74) is 4.52. The van der Waals surface area contributed by atoms with Gasteiger partial charge in [0.2, 0.25) is 0 Å². The fourth-order valence-corrected chi connectivity index (χ4v) is 2.91. The van der Waals surface area contributed by atoms with Crippen LogP contribution in [0.25, 0.3) is 33.2 Å². The molecule has 8 heteroatoms. The number of aromatic nitrogens is 4. The maximum atomic E-state index is 5.95. The number of hydrogen-bond acceptors (Lipinski definition) is 4. The van der Waals surface area contributed by atoms with Crippen LogP contribution in [0.2, 0.25) is 20.6 Å². The number of hydrogen-bond donors (Lipinski definition) is 0. The Balaban J connectivity index is 1.88. The van der Waals surface area contributed by atoms with Crippen LogP contribution in [0.3, 0.4) is 0 Å². The molecule has 4 nitrogen and oxygen atoms in total. The smallest absolute Gasteiger partial charge is 0.167 e. The molecule has 0 radical (unpaired) electrons. The molecule has 2 aromatic heterocycles. The molecule has 0 aliphatic carbocycles. The Kier molecular flexibility index (Phi) is 3.93. The van der Waals surface area contributed by atoms with Gasteiger partial charge in [0, 0.05) is 0 Å². The van der Waals surface area contributed by atoms with Gasteiger partial charge in [-0.1, -0.05) is 58.5 Å². The molecular formula is C16H6Cl4N4. The van der Waals surface area contributed by atoms with Gasteiger partial charge in [-0.25, -0.2) is 19.9 Å². The van der Waals surface area contributed by atoms with E-state index in [0.717, 1.165) is 11.1 Å². The van der Waals surface area contributed by atoms with Crippen LogP contribution in [-0.4, -0.2) is 19.9 Å². The van der Waals surface area contributed by atoms with Crippen molar-refractivity contribution in [3.63, 3.8) is 0 Å². The maximum absolute atomic E-state index is 5.95. The Morgan fingerprint density at radius 2 is 0.792 bits per heavy atom. The minimum atomic E-state index is 0.173. The third-order valence-electron chi connectivity index (χ3n) is 3.50. The lowest BCUT2D eigenvalue weighted by atomic mass is 10.0. The SMILES string of the molecule is Clc1nc2ccc(-c3ccc4nc(Cl)c(Cl)nc4c3)cc2nc1Cl. The summed E-state index contributed by atoms with van der Waals surface area (Å²) in [5.74, 6) is 0. The number of rotatable bonds is 1. The highest BCUT2D eigenvalue weighted by molar-refractivity contribution is 6.41. The van der Waals surface area contributed by atoms with Crippen molar-refractivity contribution in [3.8, 4) is 11.1 Å². The van der Waals surface area contributed by atoms with E-state index in [2.05, 4.69) is 19.9 Å². The molecule has 0 atom stereocenters. The van der Waals surface area contributed by atoms with E-state index < -0.39 is 0 Å². The van der Waals surface area contributed by atoms with E-state index in [-0.39, 0.29) is 20.6 Å². The average molecular weight is 396 g/mol. The minimum absolute atomic E-state index is 0.173. The van der Waals surface area contributed by atoms with Crippen LogP contribution in [0.4, 0.5) is 0 Å². The van der Waals surface area contributed by atoms with E-state index in [1.165, 1.54) is 0 Å². The van der Waals surface area contributed by atoms with Gasteiger partial charge >= 0.3 is 0 Å². The summed E-state index contributed by atoms with van der Waals surface area (Å²) in [6.07, 6.45) is 0. The Morgan fingerprint density at radius 3 is 1.17 bits per heavy atom. The van der Waals surface area contributed by atoms with Crippen LogP contribution in [0.1, 0.15) is 0 Å². The topological polar surface area (TPSA) is 51.6 Å². The highest BCUT2D eigenvalue weighted by atomic mass is 35.5. The van der Waals surface area contributed by atoms with Crippen molar-refractivity contribution in [2.75, 3.05) is 0 Å². The molecule has 0 N–H and O–H groups in total. The van der Waals surface area contributed by atoms with Crippen LogP contribution in [0.15, 0.2) is 36.4 Å². The van der Waals surface area contributed by atoms with Gasteiger partial charge in [-0.3, -0.25) is 0 Å². The van der Waals surface area contributed by atoms with Gasteiger partial charge in [0.15, 0.2) is 20.6 Å². The minimum Gasteiger partial charge on any atom is -0.231 e. The van der Waals surface area contributed by atoms with Gasteiger partial charge < -0.3 is 0 Å². The average Bonchev–Trinajstić information content (AvgIpc) is 2.56. The van der Waals surface area contributed by atoms with Gasteiger partial charge in [-0.15, -0.1) is 0 Å². The number of halogens is 4. The first kappa shape index (κ1) is 15.8. The van der Waals surface area contributed by atoms with Gasteiger partial charge in [0.1, 0.15) is 0 Å². The molecule has 0 saturated carbocycles. The van der Waals surface area contributed by atoms with Crippen molar-refractivity contribution >= 4 is 68.5 Å². The van der Waals surface area contributed by atoms with Gasteiger partial charge in [0.25, 0.3) is 0 Å². The van der Waals surface area contributed by atoms with Crippen LogP contribution in [0.5, 0.6) is 0 Å². The van der Waals surface area contributed by atoms with Crippen molar-refractivity contribution in [3.05, 3.63) is 57.0 Å². The first-order chi connectivity index (χ1) is 11.5. The highest BCUT2D eigenvalue weighted by Gasteiger charge is 2.09. The van der Waals surface area contributed by atoms with E-state index in [1.54, 1.807) is 0 Å². The second-order valence-electron chi connectivity index (χ2n) is 5.02. The van der Waals surface area contributed by atoms with Crippen LogP contribution >= 0.6 is 46.4 Å². The molecule has 0 amide bonds. The Bertz CT molecular complexity index is 1020. The van der Waals surface area contributed by atoms with Crippen LogP contribution < -0.4 is 0 Å². The molecule has 2 aromatic carbocycles. The molecule has 4 aromatic rings. The summed E-state index contributed by atoms with van der Waals surface area (Å²) < 4.78 is 0. The van der Waals surface area contributed by atoms with E-state index in [9.17, 15) is 0 Å². The second-order valence-corrected chi connectivity index (χ2v) is 6.45. The monoisotopic (exact) mass is 394 g/mol. The lowest BCUT2D eigenvalue weighted by Crippen LogP contribution is -1.90. The number of fused-ring (bicyclic) bond motifs is 2. The fraction of sp³-hybridized carbons (Fsp3) is 0. The quantitative estimate of drug-likeness (QED) is 0.405. The van der Waals surface area contributed by atoms with E-state index in [0.29, 0.717) is 22.1 Å². The van der Waals surface area contributed by atoms with Crippen LogP contribution in [-0.2, 0) is 0 Å². The lowest BCUT2D eigenvalue weighted by Gasteiger charge is -2.06. The molecule has 2 heterocycles. The third-order valence-corrected chi connectivity index (χ3v) is 4.75. The Hall–Kier alpha value is -1.72. The molecule has 0 fully saturated rings. The van der Waals surface area contributed by atoms with Crippen molar-refractivity contribution in [1.82, 2.24) is 19.9 Å².